The van der Waals surface area contributed by atoms with Gasteiger partial charge in [0, 0.05) is 31.5 Å². The average molecular weight is 205 g/mol. The summed E-state index contributed by atoms with van der Waals surface area (Å²) in [5, 5.41) is 0. The maximum atomic E-state index is 5.71. The Balaban J connectivity index is 1.96. The van der Waals surface area contributed by atoms with E-state index in [1.165, 1.54) is 12.0 Å². The zero-order chi connectivity index (χ0) is 10.7. The van der Waals surface area contributed by atoms with E-state index in [1.807, 2.05) is 12.4 Å². The van der Waals surface area contributed by atoms with Gasteiger partial charge in [0.15, 0.2) is 0 Å². The molecule has 82 valence electrons. The normalized spacial score (nSPS) is 27.1. The number of nitrogens with zero attached hydrogens (tertiary/aromatic N) is 2. The van der Waals surface area contributed by atoms with Crippen molar-refractivity contribution in [2.45, 2.75) is 25.9 Å². The van der Waals surface area contributed by atoms with Gasteiger partial charge in [-0.15, -0.1) is 0 Å². The van der Waals surface area contributed by atoms with Gasteiger partial charge in [-0.25, -0.2) is 0 Å². The number of hydrogen-bond donors (Lipinski definition) is 1. The third kappa shape index (κ3) is 2.55. The highest BCUT2D eigenvalue weighted by atomic mass is 15.2. The Bertz CT molecular complexity index is 299. The van der Waals surface area contributed by atoms with E-state index < -0.39 is 0 Å². The first-order valence-electron chi connectivity index (χ1n) is 5.62. The molecule has 0 aliphatic carbocycles. The van der Waals surface area contributed by atoms with Crippen molar-refractivity contribution >= 4 is 0 Å². The lowest BCUT2D eigenvalue weighted by Gasteiger charge is -2.20. The minimum absolute atomic E-state index is 0.659. The number of rotatable bonds is 3. The van der Waals surface area contributed by atoms with Crippen molar-refractivity contribution in [1.29, 1.82) is 0 Å². The minimum Gasteiger partial charge on any atom is -0.330 e. The van der Waals surface area contributed by atoms with E-state index in [-0.39, 0.29) is 0 Å². The van der Waals surface area contributed by atoms with Crippen molar-refractivity contribution in [3.05, 3.63) is 30.1 Å². The SMILES string of the molecule is CC1CC(CN)CN1Cc1ccncc1. The highest BCUT2D eigenvalue weighted by Gasteiger charge is 2.27. The summed E-state index contributed by atoms with van der Waals surface area (Å²) in [6.07, 6.45) is 4.95. The summed E-state index contributed by atoms with van der Waals surface area (Å²) in [4.78, 5) is 6.54. The summed E-state index contributed by atoms with van der Waals surface area (Å²) >= 11 is 0. The summed E-state index contributed by atoms with van der Waals surface area (Å²) < 4.78 is 0. The van der Waals surface area contributed by atoms with Crippen LogP contribution in [-0.2, 0) is 6.54 Å². The first-order chi connectivity index (χ1) is 7.29. The Morgan fingerprint density at radius 1 is 1.47 bits per heavy atom. The second-order valence-corrected chi connectivity index (χ2v) is 4.47. The molecule has 0 radical (unpaired) electrons. The molecule has 1 aromatic heterocycles. The Morgan fingerprint density at radius 2 is 2.20 bits per heavy atom. The summed E-state index contributed by atoms with van der Waals surface area (Å²) in [6.45, 7) is 5.27. The van der Waals surface area contributed by atoms with Crippen LogP contribution in [0.2, 0.25) is 0 Å². The van der Waals surface area contributed by atoms with E-state index in [1.54, 1.807) is 0 Å². The zero-order valence-electron chi connectivity index (χ0n) is 9.26. The van der Waals surface area contributed by atoms with Gasteiger partial charge >= 0.3 is 0 Å². The van der Waals surface area contributed by atoms with E-state index >= 15 is 0 Å². The van der Waals surface area contributed by atoms with Crippen LogP contribution in [0.5, 0.6) is 0 Å². The Morgan fingerprint density at radius 3 is 2.80 bits per heavy atom. The van der Waals surface area contributed by atoms with E-state index in [9.17, 15) is 0 Å². The largest absolute Gasteiger partial charge is 0.330 e. The standard InChI is InChI=1S/C12H19N3/c1-10-6-12(7-13)9-15(10)8-11-2-4-14-5-3-11/h2-5,10,12H,6-9,13H2,1H3. The molecule has 1 aromatic rings. The molecule has 1 aliphatic rings. The van der Waals surface area contributed by atoms with E-state index in [0.717, 1.165) is 19.6 Å². The molecular formula is C12H19N3. The van der Waals surface area contributed by atoms with Gasteiger partial charge in [0.05, 0.1) is 0 Å². The van der Waals surface area contributed by atoms with Gasteiger partial charge in [-0.05, 0) is 43.5 Å². The molecule has 2 atom stereocenters. The molecule has 2 unspecified atom stereocenters. The van der Waals surface area contributed by atoms with Gasteiger partial charge in [-0.3, -0.25) is 9.88 Å². The molecule has 2 heterocycles. The topological polar surface area (TPSA) is 42.1 Å². The van der Waals surface area contributed by atoms with Crippen LogP contribution >= 0.6 is 0 Å². The predicted octanol–water partition coefficient (Wildman–Crippen LogP) is 1.25. The summed E-state index contributed by atoms with van der Waals surface area (Å²) in [7, 11) is 0. The molecular weight excluding hydrogens is 186 g/mol. The van der Waals surface area contributed by atoms with Gasteiger partial charge in [0.1, 0.15) is 0 Å². The van der Waals surface area contributed by atoms with Crippen LogP contribution in [0.25, 0.3) is 0 Å². The first-order valence-corrected chi connectivity index (χ1v) is 5.62. The van der Waals surface area contributed by atoms with Gasteiger partial charge in [0.25, 0.3) is 0 Å². The molecule has 0 bridgehead atoms. The van der Waals surface area contributed by atoms with Gasteiger partial charge in [-0.1, -0.05) is 0 Å². The second-order valence-electron chi connectivity index (χ2n) is 4.47. The lowest BCUT2D eigenvalue weighted by Crippen LogP contribution is -2.27. The molecule has 0 spiro atoms. The fourth-order valence-corrected chi connectivity index (χ4v) is 2.33. The molecule has 15 heavy (non-hydrogen) atoms. The lowest BCUT2D eigenvalue weighted by atomic mass is 10.1. The first kappa shape index (κ1) is 10.6. The van der Waals surface area contributed by atoms with Gasteiger partial charge in [-0.2, -0.15) is 0 Å². The molecule has 0 amide bonds. The molecule has 0 aromatic carbocycles. The number of pyridine rings is 1. The second kappa shape index (κ2) is 4.73. The number of hydrogen-bond acceptors (Lipinski definition) is 3. The Hall–Kier alpha value is -0.930. The monoisotopic (exact) mass is 205 g/mol. The zero-order valence-corrected chi connectivity index (χ0v) is 9.26. The van der Waals surface area contributed by atoms with E-state index in [2.05, 4.69) is 28.9 Å². The van der Waals surface area contributed by atoms with Crippen molar-refractivity contribution in [1.82, 2.24) is 9.88 Å². The van der Waals surface area contributed by atoms with Crippen molar-refractivity contribution in [3.8, 4) is 0 Å². The molecule has 2 rings (SSSR count). The minimum atomic E-state index is 0.659. The Labute approximate surface area is 91.3 Å². The van der Waals surface area contributed by atoms with E-state index in [0.29, 0.717) is 12.0 Å². The van der Waals surface area contributed by atoms with Crippen LogP contribution < -0.4 is 5.73 Å². The van der Waals surface area contributed by atoms with Crippen LogP contribution in [0.3, 0.4) is 0 Å². The van der Waals surface area contributed by atoms with Crippen molar-refractivity contribution < 1.29 is 0 Å². The van der Waals surface area contributed by atoms with Crippen LogP contribution in [-0.4, -0.2) is 29.0 Å². The average Bonchev–Trinajstić information content (AvgIpc) is 2.61. The third-order valence-corrected chi connectivity index (χ3v) is 3.26. The van der Waals surface area contributed by atoms with E-state index in [4.69, 9.17) is 5.73 Å². The molecule has 3 heteroatoms. The van der Waals surface area contributed by atoms with Crippen molar-refractivity contribution in [2.24, 2.45) is 11.7 Å². The molecule has 1 fully saturated rings. The summed E-state index contributed by atoms with van der Waals surface area (Å²) in [5.74, 6) is 0.682. The number of likely N-dealkylation sites (tertiary alicyclic amines) is 1. The molecule has 1 saturated heterocycles. The number of nitrogens with two attached hydrogens (primary N) is 1. The van der Waals surface area contributed by atoms with Gasteiger partial charge in [0.2, 0.25) is 0 Å². The predicted molar refractivity (Wildman–Crippen MR) is 61.3 cm³/mol. The summed E-state index contributed by atoms with van der Waals surface area (Å²) in [5.41, 5.74) is 7.06. The van der Waals surface area contributed by atoms with Crippen molar-refractivity contribution in [2.75, 3.05) is 13.1 Å². The molecule has 1 aliphatic heterocycles. The maximum absolute atomic E-state index is 5.71. The van der Waals surface area contributed by atoms with Crippen molar-refractivity contribution in [3.63, 3.8) is 0 Å². The summed E-state index contributed by atoms with van der Waals surface area (Å²) in [6, 6.07) is 4.83. The van der Waals surface area contributed by atoms with Crippen LogP contribution in [0.4, 0.5) is 0 Å². The quantitative estimate of drug-likeness (QED) is 0.807. The van der Waals surface area contributed by atoms with Crippen LogP contribution in [0.15, 0.2) is 24.5 Å². The van der Waals surface area contributed by atoms with Crippen LogP contribution in [0, 0.1) is 5.92 Å². The van der Waals surface area contributed by atoms with Gasteiger partial charge < -0.3 is 5.73 Å². The molecule has 3 nitrogen and oxygen atoms in total. The molecule has 2 N–H and O–H groups in total. The molecule has 0 saturated carbocycles. The third-order valence-electron chi connectivity index (χ3n) is 3.26. The highest BCUT2D eigenvalue weighted by Crippen LogP contribution is 2.23. The lowest BCUT2D eigenvalue weighted by molar-refractivity contribution is 0.256. The highest BCUT2D eigenvalue weighted by molar-refractivity contribution is 5.10. The fraction of sp³-hybridized carbons (Fsp3) is 0.583. The van der Waals surface area contributed by atoms with Crippen LogP contribution in [0.1, 0.15) is 18.9 Å². The fourth-order valence-electron chi connectivity index (χ4n) is 2.33. The smallest absolute Gasteiger partial charge is 0.0271 e. The maximum Gasteiger partial charge on any atom is 0.0271 e. The number of aromatic nitrogens is 1. The Kier molecular flexibility index (Phi) is 3.34.